The monoisotopic (exact) mass is 252 g/mol. The van der Waals surface area contributed by atoms with Gasteiger partial charge in [0.2, 0.25) is 5.91 Å². The van der Waals surface area contributed by atoms with Crippen LogP contribution in [0.2, 0.25) is 0 Å². The van der Waals surface area contributed by atoms with Gasteiger partial charge in [0.05, 0.1) is 5.41 Å². The van der Waals surface area contributed by atoms with Crippen molar-refractivity contribution in [2.45, 2.75) is 25.7 Å². The van der Waals surface area contributed by atoms with Crippen LogP contribution in [0.25, 0.3) is 0 Å². The van der Waals surface area contributed by atoms with Gasteiger partial charge in [-0.25, -0.2) is 0 Å². The van der Waals surface area contributed by atoms with Gasteiger partial charge in [-0.2, -0.15) is 11.3 Å². The molecule has 2 rings (SSSR count). The molecule has 0 spiro atoms. The minimum absolute atomic E-state index is 0.261. The first-order chi connectivity index (χ1) is 8.20. The second-order valence-corrected chi connectivity index (χ2v) is 5.38. The molecule has 2 atom stereocenters. The lowest BCUT2D eigenvalue weighted by Crippen LogP contribution is -2.40. The normalized spacial score (nSPS) is 26.9. The second kappa shape index (κ2) is 4.78. The van der Waals surface area contributed by atoms with Crippen LogP contribution in [0.1, 0.15) is 25.8 Å². The van der Waals surface area contributed by atoms with Crippen LogP contribution in [-0.4, -0.2) is 30.4 Å². The highest BCUT2D eigenvalue weighted by Gasteiger charge is 2.61. The van der Waals surface area contributed by atoms with Gasteiger partial charge in [-0.15, -0.1) is 0 Å². The SMILES string of the molecule is CCN(CC)C(=O)[C@@]1(c2ccsc2)C[C@H]1CN. The van der Waals surface area contributed by atoms with E-state index in [9.17, 15) is 4.79 Å². The molecule has 0 aliphatic heterocycles. The van der Waals surface area contributed by atoms with Crippen molar-refractivity contribution in [1.29, 1.82) is 0 Å². The number of hydrogen-bond acceptors (Lipinski definition) is 3. The van der Waals surface area contributed by atoms with Crippen molar-refractivity contribution in [1.82, 2.24) is 4.90 Å². The van der Waals surface area contributed by atoms with E-state index in [0.29, 0.717) is 12.5 Å². The van der Waals surface area contributed by atoms with Gasteiger partial charge in [-0.1, -0.05) is 0 Å². The summed E-state index contributed by atoms with van der Waals surface area (Å²) in [5.74, 6) is 0.585. The predicted molar refractivity (Wildman–Crippen MR) is 71.1 cm³/mol. The van der Waals surface area contributed by atoms with Crippen molar-refractivity contribution in [2.75, 3.05) is 19.6 Å². The number of nitrogens with two attached hydrogens (primary N) is 1. The third-order valence-electron chi connectivity index (χ3n) is 3.86. The number of likely N-dealkylation sites (N-methyl/N-ethyl adjacent to an activating group) is 1. The maximum Gasteiger partial charge on any atom is 0.233 e. The van der Waals surface area contributed by atoms with Gasteiger partial charge in [-0.05, 0) is 55.1 Å². The van der Waals surface area contributed by atoms with Crippen LogP contribution >= 0.6 is 11.3 Å². The van der Waals surface area contributed by atoms with Crippen molar-refractivity contribution < 1.29 is 4.79 Å². The molecule has 0 radical (unpaired) electrons. The third kappa shape index (κ3) is 1.89. The Bertz CT molecular complexity index is 386. The summed E-state index contributed by atoms with van der Waals surface area (Å²) in [5, 5.41) is 4.13. The van der Waals surface area contributed by atoms with E-state index < -0.39 is 0 Å². The van der Waals surface area contributed by atoms with Gasteiger partial charge in [0.25, 0.3) is 0 Å². The first-order valence-electron chi connectivity index (χ1n) is 6.22. The summed E-state index contributed by atoms with van der Waals surface area (Å²) in [6.45, 7) is 6.21. The molecule has 1 fully saturated rings. The lowest BCUT2D eigenvalue weighted by molar-refractivity contribution is -0.134. The van der Waals surface area contributed by atoms with E-state index in [2.05, 4.69) is 11.4 Å². The standard InChI is InChI=1S/C13H20N2OS/c1-3-15(4-2)12(16)13(7-11(13)8-14)10-5-6-17-9-10/h5-6,9,11H,3-4,7-8,14H2,1-2H3/t11-,13+/m0/s1. The van der Waals surface area contributed by atoms with Gasteiger partial charge in [0.1, 0.15) is 0 Å². The van der Waals surface area contributed by atoms with Crippen LogP contribution in [0.3, 0.4) is 0 Å². The maximum atomic E-state index is 12.6. The third-order valence-corrected chi connectivity index (χ3v) is 4.54. The fourth-order valence-electron chi connectivity index (χ4n) is 2.66. The highest BCUT2D eigenvalue weighted by molar-refractivity contribution is 7.08. The minimum Gasteiger partial charge on any atom is -0.342 e. The van der Waals surface area contributed by atoms with E-state index >= 15 is 0 Å². The Kier molecular flexibility index (Phi) is 3.54. The molecular formula is C13H20N2OS. The van der Waals surface area contributed by atoms with Crippen LogP contribution in [0.5, 0.6) is 0 Å². The van der Waals surface area contributed by atoms with Crippen molar-refractivity contribution in [3.63, 3.8) is 0 Å². The molecule has 1 heterocycles. The summed E-state index contributed by atoms with van der Waals surface area (Å²) in [4.78, 5) is 14.6. The molecule has 3 nitrogen and oxygen atoms in total. The van der Waals surface area contributed by atoms with Crippen molar-refractivity contribution in [2.24, 2.45) is 11.7 Å². The predicted octanol–water partition coefficient (Wildman–Crippen LogP) is 1.83. The van der Waals surface area contributed by atoms with Gasteiger partial charge in [-0.3, -0.25) is 4.79 Å². The summed E-state index contributed by atoms with van der Waals surface area (Å²) < 4.78 is 0. The van der Waals surface area contributed by atoms with Crippen molar-refractivity contribution >= 4 is 17.2 Å². The Morgan fingerprint density at radius 2 is 2.29 bits per heavy atom. The highest BCUT2D eigenvalue weighted by Crippen LogP contribution is 2.55. The molecule has 1 amide bonds. The summed E-state index contributed by atoms with van der Waals surface area (Å²) in [6.07, 6.45) is 0.912. The molecule has 1 aliphatic carbocycles. The molecular weight excluding hydrogens is 232 g/mol. The Morgan fingerprint density at radius 1 is 1.59 bits per heavy atom. The Balaban J connectivity index is 2.28. The minimum atomic E-state index is -0.305. The molecule has 94 valence electrons. The molecule has 0 aromatic carbocycles. The average molecular weight is 252 g/mol. The summed E-state index contributed by atoms with van der Waals surface area (Å²) in [6, 6.07) is 2.07. The smallest absolute Gasteiger partial charge is 0.233 e. The Labute approximate surface area is 107 Å². The van der Waals surface area contributed by atoms with Crippen LogP contribution in [0, 0.1) is 5.92 Å². The van der Waals surface area contributed by atoms with Crippen LogP contribution in [0.15, 0.2) is 16.8 Å². The fourth-order valence-corrected chi connectivity index (χ4v) is 3.40. The zero-order chi connectivity index (χ0) is 12.5. The van der Waals surface area contributed by atoms with E-state index in [4.69, 9.17) is 5.73 Å². The molecule has 1 aromatic heterocycles. The lowest BCUT2D eigenvalue weighted by atomic mass is 9.94. The highest BCUT2D eigenvalue weighted by atomic mass is 32.1. The molecule has 1 aliphatic rings. The van der Waals surface area contributed by atoms with Crippen molar-refractivity contribution in [3.8, 4) is 0 Å². The van der Waals surface area contributed by atoms with Crippen LogP contribution in [0.4, 0.5) is 0 Å². The average Bonchev–Trinajstić information content (AvgIpc) is 2.84. The molecule has 0 saturated heterocycles. The maximum absolute atomic E-state index is 12.6. The summed E-state index contributed by atoms with van der Waals surface area (Å²) in [7, 11) is 0. The van der Waals surface area contributed by atoms with Gasteiger partial charge in [0, 0.05) is 13.1 Å². The first kappa shape index (κ1) is 12.6. The topological polar surface area (TPSA) is 46.3 Å². The molecule has 2 N–H and O–H groups in total. The lowest BCUT2D eigenvalue weighted by Gasteiger charge is -2.25. The number of carbonyl (C=O) groups is 1. The molecule has 0 bridgehead atoms. The summed E-state index contributed by atoms with van der Waals surface area (Å²) >= 11 is 1.65. The van der Waals surface area contributed by atoms with E-state index in [0.717, 1.165) is 25.1 Å². The van der Waals surface area contributed by atoms with E-state index in [1.807, 2.05) is 24.1 Å². The number of thiophene rings is 1. The number of hydrogen-bond donors (Lipinski definition) is 1. The molecule has 1 saturated carbocycles. The molecule has 0 unspecified atom stereocenters. The Morgan fingerprint density at radius 3 is 2.71 bits per heavy atom. The number of rotatable bonds is 5. The van der Waals surface area contributed by atoms with E-state index in [-0.39, 0.29) is 11.3 Å². The van der Waals surface area contributed by atoms with Gasteiger partial charge >= 0.3 is 0 Å². The number of nitrogens with zero attached hydrogens (tertiary/aromatic N) is 1. The first-order valence-corrected chi connectivity index (χ1v) is 7.17. The zero-order valence-electron chi connectivity index (χ0n) is 10.5. The largest absolute Gasteiger partial charge is 0.342 e. The van der Waals surface area contributed by atoms with Crippen molar-refractivity contribution in [3.05, 3.63) is 22.4 Å². The van der Waals surface area contributed by atoms with Gasteiger partial charge < -0.3 is 10.6 Å². The van der Waals surface area contributed by atoms with Crippen LogP contribution in [-0.2, 0) is 10.2 Å². The molecule has 1 aromatic rings. The summed E-state index contributed by atoms with van der Waals surface area (Å²) in [5.41, 5.74) is 6.63. The van der Waals surface area contributed by atoms with Crippen LogP contribution < -0.4 is 5.73 Å². The quantitative estimate of drug-likeness (QED) is 0.869. The zero-order valence-corrected chi connectivity index (χ0v) is 11.3. The fraction of sp³-hybridized carbons (Fsp3) is 0.615. The van der Waals surface area contributed by atoms with E-state index in [1.54, 1.807) is 11.3 Å². The number of amides is 1. The molecule has 17 heavy (non-hydrogen) atoms. The number of carbonyl (C=O) groups excluding carboxylic acids is 1. The van der Waals surface area contributed by atoms with Gasteiger partial charge in [0.15, 0.2) is 0 Å². The van der Waals surface area contributed by atoms with E-state index in [1.165, 1.54) is 0 Å². The Hall–Kier alpha value is -0.870. The second-order valence-electron chi connectivity index (χ2n) is 4.60. The molecule has 4 heteroatoms.